The number of aromatic nitrogens is 2. The summed E-state index contributed by atoms with van der Waals surface area (Å²) in [5, 5.41) is 1.06. The Balaban J connectivity index is 1.34. The van der Waals surface area contributed by atoms with E-state index in [1.807, 2.05) is 47.0 Å². The summed E-state index contributed by atoms with van der Waals surface area (Å²) in [7, 11) is 0. The molecule has 2 aromatic heterocycles. The number of hydrogen-bond acceptors (Lipinski definition) is 5. The lowest BCUT2D eigenvalue weighted by Crippen LogP contribution is -2.45. The molecular formula is C30H27FN4O3. The molecule has 0 saturated carbocycles. The van der Waals surface area contributed by atoms with E-state index in [-0.39, 0.29) is 6.61 Å². The van der Waals surface area contributed by atoms with Crippen molar-refractivity contribution < 1.29 is 18.7 Å². The van der Waals surface area contributed by atoms with Crippen LogP contribution in [0.4, 0.5) is 10.1 Å². The van der Waals surface area contributed by atoms with Crippen LogP contribution in [0.25, 0.3) is 27.7 Å². The van der Waals surface area contributed by atoms with Crippen LogP contribution in [0.15, 0.2) is 79.1 Å². The smallest absolute Gasteiger partial charge is 0.228 e. The van der Waals surface area contributed by atoms with E-state index in [1.165, 1.54) is 12.1 Å². The summed E-state index contributed by atoms with van der Waals surface area (Å²) in [4.78, 5) is 16.9. The number of nitrogens with two attached hydrogens (primary N) is 2. The number of nitrogens with zero attached hydrogens (tertiary/aromatic N) is 2. The second-order valence-corrected chi connectivity index (χ2v) is 9.71. The fourth-order valence-electron chi connectivity index (χ4n) is 5.31. The summed E-state index contributed by atoms with van der Waals surface area (Å²) < 4.78 is 28.1. The molecule has 1 saturated heterocycles. The molecule has 0 atom stereocenters. The average molecular weight is 511 g/mol. The van der Waals surface area contributed by atoms with E-state index in [2.05, 4.69) is 17.1 Å². The molecule has 6 rings (SSSR count). The highest BCUT2D eigenvalue weighted by Gasteiger charge is 2.40. The number of ether oxygens (including phenoxy) is 2. The predicted molar refractivity (Wildman–Crippen MR) is 144 cm³/mol. The summed E-state index contributed by atoms with van der Waals surface area (Å²) in [6, 6.07) is 20.3. The van der Waals surface area contributed by atoms with Crippen molar-refractivity contribution in [2.45, 2.75) is 24.9 Å². The number of amides is 1. The number of halogens is 1. The van der Waals surface area contributed by atoms with Crippen LogP contribution in [0.5, 0.6) is 5.75 Å². The van der Waals surface area contributed by atoms with Crippen molar-refractivity contribution in [3.63, 3.8) is 0 Å². The Kier molecular flexibility index (Phi) is 5.96. The van der Waals surface area contributed by atoms with Crippen LogP contribution in [-0.4, -0.2) is 28.5 Å². The molecule has 38 heavy (non-hydrogen) atoms. The van der Waals surface area contributed by atoms with Crippen LogP contribution < -0.4 is 16.2 Å². The first-order valence-electron chi connectivity index (χ1n) is 12.5. The summed E-state index contributed by atoms with van der Waals surface area (Å²) in [5.74, 6) is -0.611. The Morgan fingerprint density at radius 3 is 2.61 bits per heavy atom. The normalized spacial score (nSPS) is 15.1. The lowest BCUT2D eigenvalue weighted by Gasteiger charge is -2.34. The van der Waals surface area contributed by atoms with Crippen LogP contribution in [0, 0.1) is 5.82 Å². The van der Waals surface area contributed by atoms with E-state index in [0.29, 0.717) is 43.1 Å². The highest BCUT2D eigenvalue weighted by atomic mass is 19.1. The van der Waals surface area contributed by atoms with Gasteiger partial charge in [0.05, 0.1) is 10.9 Å². The number of hydrogen-bond donors (Lipinski definition) is 2. The molecule has 1 aliphatic rings. The average Bonchev–Trinajstić information content (AvgIpc) is 3.41. The maximum absolute atomic E-state index is 14.6. The zero-order valence-electron chi connectivity index (χ0n) is 20.7. The highest BCUT2D eigenvalue weighted by molar-refractivity contribution is 5.97. The maximum Gasteiger partial charge on any atom is 0.228 e. The lowest BCUT2D eigenvalue weighted by molar-refractivity contribution is -0.127. The molecule has 3 aromatic carbocycles. The van der Waals surface area contributed by atoms with Gasteiger partial charge >= 0.3 is 0 Å². The summed E-state index contributed by atoms with van der Waals surface area (Å²) in [6.45, 7) is 1.01. The van der Waals surface area contributed by atoms with Crippen molar-refractivity contribution >= 4 is 28.1 Å². The number of pyridine rings is 1. The molecule has 3 heterocycles. The summed E-state index contributed by atoms with van der Waals surface area (Å²) >= 11 is 0. The standard InChI is InChI=1S/C30H27FN4O3/c31-22-14-21(30(29(33)36)7-11-37-12-8-30)15-24(16-22)38-18-19-1-6-25-26(20-2-4-23(32)5-3-20)17-28-34-9-10-35(28)27(25)13-19/h1-6,9-10,13-17H,7-8,11-12,18,32H2,(H2,33,36). The van der Waals surface area contributed by atoms with Crippen molar-refractivity contribution in [2.75, 3.05) is 18.9 Å². The van der Waals surface area contributed by atoms with E-state index < -0.39 is 17.1 Å². The fraction of sp³-hybridized carbons (Fsp3) is 0.200. The highest BCUT2D eigenvalue weighted by Crippen LogP contribution is 2.37. The van der Waals surface area contributed by atoms with Crippen molar-refractivity contribution in [1.29, 1.82) is 0 Å². The van der Waals surface area contributed by atoms with Gasteiger partial charge in [0.15, 0.2) is 0 Å². The van der Waals surface area contributed by atoms with E-state index in [0.717, 1.165) is 33.2 Å². The first-order chi connectivity index (χ1) is 18.4. The predicted octanol–water partition coefficient (Wildman–Crippen LogP) is 4.99. The number of benzene rings is 3. The molecule has 1 amide bonds. The lowest BCUT2D eigenvalue weighted by atomic mass is 9.73. The molecular weight excluding hydrogens is 483 g/mol. The van der Waals surface area contributed by atoms with Gasteiger partial charge in [-0.25, -0.2) is 9.37 Å². The van der Waals surface area contributed by atoms with Crippen LogP contribution in [0.3, 0.4) is 0 Å². The van der Waals surface area contributed by atoms with E-state index in [9.17, 15) is 9.18 Å². The van der Waals surface area contributed by atoms with Crippen LogP contribution in [0.2, 0.25) is 0 Å². The zero-order valence-corrected chi connectivity index (χ0v) is 20.7. The minimum Gasteiger partial charge on any atom is -0.489 e. The number of primary amides is 1. The SMILES string of the molecule is NC(=O)C1(c2cc(F)cc(OCc3ccc4c(-c5ccc(N)cc5)cc5nccn5c4c3)c2)CCOCC1. The van der Waals surface area contributed by atoms with E-state index in [4.69, 9.17) is 20.9 Å². The third kappa shape index (κ3) is 4.22. The molecule has 4 N–H and O–H groups in total. The van der Waals surface area contributed by atoms with Gasteiger partial charge in [0.2, 0.25) is 5.91 Å². The quantitative estimate of drug-likeness (QED) is 0.313. The van der Waals surface area contributed by atoms with Crippen molar-refractivity contribution in [3.8, 4) is 16.9 Å². The topological polar surface area (TPSA) is 105 Å². The van der Waals surface area contributed by atoms with Crippen LogP contribution in [0.1, 0.15) is 24.0 Å². The minimum atomic E-state index is -0.965. The molecule has 0 aliphatic carbocycles. The largest absolute Gasteiger partial charge is 0.489 e. The van der Waals surface area contributed by atoms with E-state index in [1.54, 1.807) is 12.3 Å². The molecule has 8 heteroatoms. The number of carbonyl (C=O) groups excluding carboxylic acids is 1. The Morgan fingerprint density at radius 1 is 1.05 bits per heavy atom. The van der Waals surface area contributed by atoms with Gasteiger partial charge in [0.1, 0.15) is 23.8 Å². The monoisotopic (exact) mass is 510 g/mol. The first-order valence-corrected chi connectivity index (χ1v) is 12.5. The van der Waals surface area contributed by atoms with Crippen molar-refractivity contribution in [2.24, 2.45) is 5.73 Å². The molecule has 0 bridgehead atoms. The van der Waals surface area contributed by atoms with Gasteiger partial charge in [-0.2, -0.15) is 0 Å². The molecule has 0 spiro atoms. The number of anilines is 1. The molecule has 5 aromatic rings. The van der Waals surface area contributed by atoms with Gasteiger partial charge in [0.25, 0.3) is 0 Å². The Morgan fingerprint density at radius 2 is 1.84 bits per heavy atom. The number of rotatable bonds is 6. The number of fused-ring (bicyclic) bond motifs is 3. The van der Waals surface area contributed by atoms with Crippen LogP contribution in [-0.2, 0) is 21.6 Å². The third-order valence-corrected chi connectivity index (χ3v) is 7.42. The summed E-state index contributed by atoms with van der Waals surface area (Å²) in [5.41, 5.74) is 16.7. The first kappa shape index (κ1) is 23.9. The maximum atomic E-state index is 14.6. The number of carbonyl (C=O) groups is 1. The third-order valence-electron chi connectivity index (χ3n) is 7.42. The molecule has 1 fully saturated rings. The van der Waals surface area contributed by atoms with Crippen molar-refractivity contribution in [3.05, 3.63) is 96.1 Å². The fourth-order valence-corrected chi connectivity index (χ4v) is 5.31. The van der Waals surface area contributed by atoms with Crippen LogP contribution >= 0.6 is 0 Å². The van der Waals surface area contributed by atoms with E-state index >= 15 is 0 Å². The van der Waals surface area contributed by atoms with Gasteiger partial charge in [-0.1, -0.05) is 24.3 Å². The molecule has 0 unspecified atom stereocenters. The molecule has 1 aliphatic heterocycles. The Bertz CT molecular complexity index is 1660. The number of nitrogen functional groups attached to an aromatic ring is 1. The molecule has 0 radical (unpaired) electrons. The van der Waals surface area contributed by atoms with Gasteiger partial charge in [-0.3, -0.25) is 9.20 Å². The van der Waals surface area contributed by atoms with Gasteiger partial charge in [-0.15, -0.1) is 0 Å². The molecule has 192 valence electrons. The van der Waals surface area contributed by atoms with Gasteiger partial charge < -0.3 is 20.9 Å². The zero-order chi connectivity index (χ0) is 26.3. The second kappa shape index (κ2) is 9.46. The summed E-state index contributed by atoms with van der Waals surface area (Å²) in [6.07, 6.45) is 4.51. The Labute approximate surface area is 218 Å². The Hall–Kier alpha value is -4.43. The second-order valence-electron chi connectivity index (χ2n) is 9.71. The minimum absolute atomic E-state index is 0.216. The molecule has 7 nitrogen and oxygen atoms in total. The van der Waals surface area contributed by atoms with Gasteiger partial charge in [0, 0.05) is 42.7 Å². The van der Waals surface area contributed by atoms with Gasteiger partial charge in [-0.05, 0) is 71.5 Å². The number of imidazole rings is 1. The van der Waals surface area contributed by atoms with Crippen molar-refractivity contribution in [1.82, 2.24) is 9.38 Å².